The van der Waals surface area contributed by atoms with Crippen molar-refractivity contribution in [3.63, 3.8) is 0 Å². The van der Waals surface area contributed by atoms with Gasteiger partial charge in [-0.1, -0.05) is 26.3 Å². The van der Waals surface area contributed by atoms with Crippen molar-refractivity contribution in [2.24, 2.45) is 11.3 Å². The first-order valence-electron chi connectivity index (χ1n) is 7.82. The Balaban J connectivity index is 2.09. The number of aliphatic hydroxyl groups excluding tert-OH is 1. The van der Waals surface area contributed by atoms with Crippen LogP contribution < -0.4 is 4.74 Å². The molecular formula is C18H26O2. The number of aryl methyl sites for hydroxylation is 1. The maximum atomic E-state index is 9.93. The van der Waals surface area contributed by atoms with Crippen LogP contribution >= 0.6 is 0 Å². The van der Waals surface area contributed by atoms with E-state index in [1.807, 2.05) is 0 Å². The SMILES string of the molecule is COc1ccc2c(c1)[C@]1(C)CCC[C@@](C)(CO)[C@H]1CC2. The molecule has 0 bridgehead atoms. The van der Waals surface area contributed by atoms with E-state index in [0.717, 1.165) is 18.6 Å². The molecule has 3 atom stereocenters. The molecule has 2 aliphatic carbocycles. The summed E-state index contributed by atoms with van der Waals surface area (Å²) in [4.78, 5) is 0. The first kappa shape index (κ1) is 13.9. The van der Waals surface area contributed by atoms with Gasteiger partial charge in [0.05, 0.1) is 7.11 Å². The molecular weight excluding hydrogens is 248 g/mol. The molecule has 110 valence electrons. The molecule has 0 aliphatic heterocycles. The summed E-state index contributed by atoms with van der Waals surface area (Å²) in [6.07, 6.45) is 5.93. The molecule has 1 fully saturated rings. The van der Waals surface area contributed by atoms with Crippen LogP contribution in [0, 0.1) is 11.3 Å². The van der Waals surface area contributed by atoms with Crippen molar-refractivity contribution >= 4 is 0 Å². The zero-order valence-corrected chi connectivity index (χ0v) is 12.9. The van der Waals surface area contributed by atoms with Gasteiger partial charge in [0, 0.05) is 6.61 Å². The highest BCUT2D eigenvalue weighted by Gasteiger charge is 2.51. The van der Waals surface area contributed by atoms with Crippen molar-refractivity contribution in [2.45, 2.75) is 51.4 Å². The third kappa shape index (κ3) is 1.88. The second kappa shape index (κ2) is 4.77. The normalized spacial score (nSPS) is 36.1. The summed E-state index contributed by atoms with van der Waals surface area (Å²) in [5.74, 6) is 1.54. The molecule has 0 saturated heterocycles. The number of rotatable bonds is 2. The van der Waals surface area contributed by atoms with Gasteiger partial charge in [0.1, 0.15) is 5.75 Å². The lowest BCUT2D eigenvalue weighted by Crippen LogP contribution is -2.50. The number of fused-ring (bicyclic) bond motifs is 3. The van der Waals surface area contributed by atoms with Gasteiger partial charge in [-0.2, -0.15) is 0 Å². The Hall–Kier alpha value is -1.02. The highest BCUT2D eigenvalue weighted by Crippen LogP contribution is 2.57. The number of benzene rings is 1. The number of aliphatic hydroxyl groups is 1. The minimum atomic E-state index is 0.0771. The number of methoxy groups -OCH3 is 1. The Morgan fingerprint density at radius 1 is 1.30 bits per heavy atom. The number of hydrogen-bond acceptors (Lipinski definition) is 2. The van der Waals surface area contributed by atoms with Gasteiger partial charge in [-0.15, -0.1) is 0 Å². The Kier molecular flexibility index (Phi) is 3.32. The van der Waals surface area contributed by atoms with Crippen molar-refractivity contribution < 1.29 is 9.84 Å². The second-order valence-corrected chi connectivity index (χ2v) is 7.20. The fraction of sp³-hybridized carbons (Fsp3) is 0.667. The smallest absolute Gasteiger partial charge is 0.119 e. The van der Waals surface area contributed by atoms with Crippen LogP contribution in [0.4, 0.5) is 0 Å². The van der Waals surface area contributed by atoms with Crippen LogP contribution in [-0.2, 0) is 11.8 Å². The molecule has 0 heterocycles. The Bertz CT molecular complexity index is 510. The van der Waals surface area contributed by atoms with Crippen LogP contribution in [0.25, 0.3) is 0 Å². The molecule has 2 heteroatoms. The first-order chi connectivity index (χ1) is 9.53. The fourth-order valence-electron chi connectivity index (χ4n) is 4.89. The van der Waals surface area contributed by atoms with E-state index >= 15 is 0 Å². The number of ether oxygens (including phenoxy) is 1. The van der Waals surface area contributed by atoms with Crippen LogP contribution in [0.1, 0.15) is 50.7 Å². The lowest BCUT2D eigenvalue weighted by Gasteiger charge is -2.55. The summed E-state index contributed by atoms with van der Waals surface area (Å²) in [6.45, 7) is 5.00. The fourth-order valence-corrected chi connectivity index (χ4v) is 4.89. The molecule has 1 N–H and O–H groups in total. The Labute approximate surface area is 122 Å². The average Bonchev–Trinajstić information content (AvgIpc) is 2.46. The van der Waals surface area contributed by atoms with Gasteiger partial charge in [-0.3, -0.25) is 0 Å². The molecule has 2 aliphatic rings. The summed E-state index contributed by atoms with van der Waals surface area (Å²) in [5, 5.41) is 9.93. The Morgan fingerprint density at radius 3 is 2.80 bits per heavy atom. The predicted molar refractivity (Wildman–Crippen MR) is 81.2 cm³/mol. The molecule has 0 aromatic heterocycles. The lowest BCUT2D eigenvalue weighted by molar-refractivity contribution is -0.0179. The van der Waals surface area contributed by atoms with Gasteiger partial charge in [0.15, 0.2) is 0 Å². The van der Waals surface area contributed by atoms with Crippen LogP contribution in [0.15, 0.2) is 18.2 Å². The molecule has 2 nitrogen and oxygen atoms in total. The maximum absolute atomic E-state index is 9.93. The summed E-state index contributed by atoms with van der Waals surface area (Å²) in [5.41, 5.74) is 3.21. The lowest BCUT2D eigenvalue weighted by atomic mass is 9.50. The van der Waals surface area contributed by atoms with Gasteiger partial charge in [-0.05, 0) is 65.7 Å². The minimum Gasteiger partial charge on any atom is -0.497 e. The van der Waals surface area contributed by atoms with E-state index in [4.69, 9.17) is 4.74 Å². The second-order valence-electron chi connectivity index (χ2n) is 7.20. The molecule has 0 radical (unpaired) electrons. The van der Waals surface area contributed by atoms with Gasteiger partial charge in [0.25, 0.3) is 0 Å². The van der Waals surface area contributed by atoms with E-state index < -0.39 is 0 Å². The molecule has 0 unspecified atom stereocenters. The zero-order valence-electron chi connectivity index (χ0n) is 12.9. The third-order valence-electron chi connectivity index (χ3n) is 6.05. The quantitative estimate of drug-likeness (QED) is 0.891. The predicted octanol–water partition coefficient (Wildman–Crippen LogP) is 3.70. The minimum absolute atomic E-state index is 0.0771. The van der Waals surface area contributed by atoms with Gasteiger partial charge >= 0.3 is 0 Å². The van der Waals surface area contributed by atoms with Crippen molar-refractivity contribution in [1.29, 1.82) is 0 Å². The largest absolute Gasteiger partial charge is 0.497 e. The summed E-state index contributed by atoms with van der Waals surface area (Å²) >= 11 is 0. The van der Waals surface area contributed by atoms with E-state index in [1.54, 1.807) is 7.11 Å². The maximum Gasteiger partial charge on any atom is 0.119 e. The molecule has 1 saturated carbocycles. The monoisotopic (exact) mass is 274 g/mol. The zero-order chi connectivity index (χ0) is 14.4. The highest BCUT2D eigenvalue weighted by atomic mass is 16.5. The van der Waals surface area contributed by atoms with E-state index in [9.17, 15) is 5.11 Å². The first-order valence-corrected chi connectivity index (χ1v) is 7.82. The molecule has 3 rings (SSSR count). The highest BCUT2D eigenvalue weighted by molar-refractivity contribution is 5.43. The standard InChI is InChI=1S/C18H26O2/c1-17(12-19)9-4-10-18(2)15-11-14(20-3)7-5-13(15)6-8-16(17)18/h5,7,11,16,19H,4,6,8-10,12H2,1-3H3/t16-,17+,18+/m1/s1. The van der Waals surface area contributed by atoms with Crippen LogP contribution in [0.2, 0.25) is 0 Å². The van der Waals surface area contributed by atoms with Crippen molar-refractivity contribution in [1.82, 2.24) is 0 Å². The molecule has 0 spiro atoms. The van der Waals surface area contributed by atoms with Crippen LogP contribution in [0.5, 0.6) is 5.75 Å². The molecule has 1 aromatic rings. The van der Waals surface area contributed by atoms with Gasteiger partial charge in [-0.25, -0.2) is 0 Å². The summed E-state index contributed by atoms with van der Waals surface area (Å²) in [6, 6.07) is 6.56. The van der Waals surface area contributed by atoms with Crippen LogP contribution in [-0.4, -0.2) is 18.8 Å². The number of hydrogen-bond donors (Lipinski definition) is 1. The van der Waals surface area contributed by atoms with Crippen molar-refractivity contribution in [3.05, 3.63) is 29.3 Å². The summed E-state index contributed by atoms with van der Waals surface area (Å²) in [7, 11) is 1.74. The average molecular weight is 274 g/mol. The molecule has 0 amide bonds. The van der Waals surface area contributed by atoms with Crippen molar-refractivity contribution in [3.8, 4) is 5.75 Å². The third-order valence-corrected chi connectivity index (χ3v) is 6.05. The van der Waals surface area contributed by atoms with Gasteiger partial charge in [0.2, 0.25) is 0 Å². The van der Waals surface area contributed by atoms with E-state index in [-0.39, 0.29) is 10.8 Å². The topological polar surface area (TPSA) is 29.5 Å². The van der Waals surface area contributed by atoms with Crippen LogP contribution in [0.3, 0.4) is 0 Å². The van der Waals surface area contributed by atoms with E-state index in [0.29, 0.717) is 12.5 Å². The summed E-state index contributed by atoms with van der Waals surface area (Å²) < 4.78 is 5.43. The van der Waals surface area contributed by atoms with Crippen molar-refractivity contribution in [2.75, 3.05) is 13.7 Å². The molecule has 20 heavy (non-hydrogen) atoms. The van der Waals surface area contributed by atoms with E-state index in [2.05, 4.69) is 32.0 Å². The Morgan fingerprint density at radius 2 is 2.10 bits per heavy atom. The molecule has 1 aromatic carbocycles. The van der Waals surface area contributed by atoms with Gasteiger partial charge < -0.3 is 9.84 Å². The van der Waals surface area contributed by atoms with E-state index in [1.165, 1.54) is 30.4 Å².